The van der Waals surface area contributed by atoms with Crippen LogP contribution in [0.4, 0.5) is 0 Å². The van der Waals surface area contributed by atoms with E-state index in [1.165, 1.54) is 0 Å². The zero-order chi connectivity index (χ0) is 16.0. The number of hydrogen-bond acceptors (Lipinski definition) is 3. The second-order valence-corrected chi connectivity index (χ2v) is 6.42. The molecular weight excluding hydrogens is 278 g/mol. The van der Waals surface area contributed by atoms with E-state index in [1.807, 2.05) is 39.8 Å². The van der Waals surface area contributed by atoms with Crippen molar-refractivity contribution < 1.29 is 9.59 Å². The molecule has 1 atom stereocenters. The first kappa shape index (κ1) is 14.8. The summed E-state index contributed by atoms with van der Waals surface area (Å²) in [5, 5.41) is 0. The van der Waals surface area contributed by atoms with Crippen molar-refractivity contribution in [2.45, 2.75) is 40.2 Å². The van der Waals surface area contributed by atoms with Gasteiger partial charge in [0.15, 0.2) is 0 Å². The second kappa shape index (κ2) is 5.23. The molecule has 0 unspecified atom stereocenters. The number of aryl methyl sites for hydroxylation is 2. The predicted octanol–water partition coefficient (Wildman–Crippen LogP) is 2.55. The van der Waals surface area contributed by atoms with Gasteiger partial charge in [-0.3, -0.25) is 14.2 Å². The number of nitrogens with zero attached hydrogens (tertiary/aromatic N) is 3. The molecule has 1 aliphatic heterocycles. The van der Waals surface area contributed by atoms with Crippen LogP contribution in [-0.4, -0.2) is 38.9 Å². The Bertz CT molecular complexity index is 761. The Morgan fingerprint density at radius 2 is 1.95 bits per heavy atom. The predicted molar refractivity (Wildman–Crippen MR) is 84.8 cm³/mol. The summed E-state index contributed by atoms with van der Waals surface area (Å²) >= 11 is 0. The third-order valence-electron chi connectivity index (χ3n) is 4.53. The van der Waals surface area contributed by atoms with Gasteiger partial charge in [0.05, 0.1) is 17.0 Å². The summed E-state index contributed by atoms with van der Waals surface area (Å²) in [5.41, 5.74) is 3.94. The smallest absolute Gasteiger partial charge is 0.237 e. The molecule has 22 heavy (non-hydrogen) atoms. The molecule has 0 saturated carbocycles. The molecule has 1 aromatic heterocycles. The summed E-state index contributed by atoms with van der Waals surface area (Å²) in [5.74, 6) is -0.263. The molecule has 3 rings (SSSR count). The van der Waals surface area contributed by atoms with Crippen LogP contribution in [0.2, 0.25) is 0 Å². The molecule has 1 amide bonds. The van der Waals surface area contributed by atoms with Gasteiger partial charge in [-0.15, -0.1) is 0 Å². The highest BCUT2D eigenvalue weighted by atomic mass is 16.2. The van der Waals surface area contributed by atoms with Crippen molar-refractivity contribution in [2.24, 2.45) is 5.92 Å². The lowest BCUT2D eigenvalue weighted by Gasteiger charge is -2.20. The normalized spacial score (nSPS) is 18.7. The van der Waals surface area contributed by atoms with Crippen molar-refractivity contribution >= 4 is 22.8 Å². The Hall–Kier alpha value is -2.17. The number of likely N-dealkylation sites (tertiary alicyclic amines) is 1. The molecule has 0 spiro atoms. The van der Waals surface area contributed by atoms with Gasteiger partial charge < -0.3 is 4.90 Å². The van der Waals surface area contributed by atoms with Gasteiger partial charge in [0.25, 0.3) is 0 Å². The van der Waals surface area contributed by atoms with Crippen LogP contribution in [0, 0.1) is 19.8 Å². The molecule has 1 aliphatic rings. The van der Waals surface area contributed by atoms with Crippen molar-refractivity contribution in [3.05, 3.63) is 29.6 Å². The van der Waals surface area contributed by atoms with Crippen LogP contribution in [0.15, 0.2) is 18.5 Å². The van der Waals surface area contributed by atoms with Gasteiger partial charge in [-0.1, -0.05) is 0 Å². The topological polar surface area (TPSA) is 55.2 Å². The van der Waals surface area contributed by atoms with Gasteiger partial charge in [-0.2, -0.15) is 0 Å². The van der Waals surface area contributed by atoms with Crippen LogP contribution in [0.25, 0.3) is 11.0 Å². The first-order chi connectivity index (χ1) is 10.4. The zero-order valence-corrected chi connectivity index (χ0v) is 13.5. The molecule has 2 heterocycles. The van der Waals surface area contributed by atoms with Gasteiger partial charge in [0.2, 0.25) is 11.8 Å². The average Bonchev–Trinajstić information content (AvgIpc) is 3.02. The molecule has 1 aromatic carbocycles. The molecule has 1 fully saturated rings. The van der Waals surface area contributed by atoms with Crippen LogP contribution in [-0.2, 0) is 4.79 Å². The Morgan fingerprint density at radius 3 is 2.59 bits per heavy atom. The van der Waals surface area contributed by atoms with Crippen molar-refractivity contribution in [2.75, 3.05) is 6.54 Å². The summed E-state index contributed by atoms with van der Waals surface area (Å²) < 4.78 is 1.60. The van der Waals surface area contributed by atoms with E-state index >= 15 is 0 Å². The summed E-state index contributed by atoms with van der Waals surface area (Å²) in [7, 11) is 0. The van der Waals surface area contributed by atoms with Crippen LogP contribution in [0.1, 0.15) is 36.2 Å². The van der Waals surface area contributed by atoms with Crippen molar-refractivity contribution in [3.63, 3.8) is 0 Å². The molecule has 0 aliphatic carbocycles. The number of imidazole rings is 1. The molecule has 1 saturated heterocycles. The van der Waals surface area contributed by atoms with Crippen LogP contribution in [0.3, 0.4) is 0 Å². The fourth-order valence-corrected chi connectivity index (χ4v) is 3.03. The Morgan fingerprint density at radius 1 is 1.27 bits per heavy atom. The third-order valence-corrected chi connectivity index (χ3v) is 4.53. The van der Waals surface area contributed by atoms with E-state index in [1.54, 1.807) is 15.8 Å². The number of carbonyl (C=O) groups excluding carboxylic acids is 2. The Kier molecular flexibility index (Phi) is 3.51. The van der Waals surface area contributed by atoms with E-state index in [0.29, 0.717) is 13.0 Å². The van der Waals surface area contributed by atoms with E-state index in [9.17, 15) is 9.59 Å². The van der Waals surface area contributed by atoms with Crippen LogP contribution >= 0.6 is 0 Å². The first-order valence-corrected chi connectivity index (χ1v) is 7.66. The van der Waals surface area contributed by atoms with Crippen LogP contribution in [0.5, 0.6) is 0 Å². The van der Waals surface area contributed by atoms with Crippen LogP contribution < -0.4 is 0 Å². The highest BCUT2D eigenvalue weighted by Gasteiger charge is 2.36. The lowest BCUT2D eigenvalue weighted by Crippen LogP contribution is -2.33. The Balaban J connectivity index is 1.93. The molecule has 0 bridgehead atoms. The van der Waals surface area contributed by atoms with Crippen molar-refractivity contribution in [1.29, 1.82) is 0 Å². The maximum atomic E-state index is 12.8. The lowest BCUT2D eigenvalue weighted by molar-refractivity contribution is -0.129. The van der Waals surface area contributed by atoms with E-state index in [4.69, 9.17) is 0 Å². The number of rotatable bonds is 2. The Labute approximate surface area is 129 Å². The van der Waals surface area contributed by atoms with Gasteiger partial charge in [-0.05, 0) is 51.0 Å². The number of hydrogen-bond donors (Lipinski definition) is 0. The minimum atomic E-state index is -0.283. The summed E-state index contributed by atoms with van der Waals surface area (Å²) in [6, 6.07) is 4.12. The summed E-state index contributed by atoms with van der Waals surface area (Å²) in [6.45, 7) is 8.51. The second-order valence-electron chi connectivity index (χ2n) is 6.42. The minimum Gasteiger partial charge on any atom is -0.339 e. The number of carbonyl (C=O) groups is 2. The van der Waals surface area contributed by atoms with Crippen molar-refractivity contribution in [1.82, 2.24) is 14.5 Å². The standard InChI is InChI=1S/C17H21N3O2/c1-10(2)19-8-13(7-16(19)21)17(22)20-9-18-14-5-11(3)12(4)6-15(14)20/h5-6,9-10,13H,7-8H2,1-4H3/t13-/m0/s1. The fourth-order valence-electron chi connectivity index (χ4n) is 3.03. The van der Waals surface area contributed by atoms with E-state index < -0.39 is 0 Å². The number of amides is 1. The highest BCUT2D eigenvalue weighted by Crippen LogP contribution is 2.24. The zero-order valence-electron chi connectivity index (χ0n) is 13.5. The molecule has 116 valence electrons. The highest BCUT2D eigenvalue weighted by molar-refractivity contribution is 5.95. The van der Waals surface area contributed by atoms with Gasteiger partial charge in [0, 0.05) is 19.0 Å². The molecule has 5 heteroatoms. The number of aromatic nitrogens is 2. The maximum Gasteiger partial charge on any atom is 0.237 e. The van der Waals surface area contributed by atoms with Crippen molar-refractivity contribution in [3.8, 4) is 0 Å². The third kappa shape index (κ3) is 2.30. The number of fused-ring (bicyclic) bond motifs is 1. The van der Waals surface area contributed by atoms with E-state index in [0.717, 1.165) is 22.2 Å². The quantitative estimate of drug-likeness (QED) is 0.856. The van der Waals surface area contributed by atoms with E-state index in [-0.39, 0.29) is 23.8 Å². The van der Waals surface area contributed by atoms with Gasteiger partial charge >= 0.3 is 0 Å². The average molecular weight is 299 g/mol. The largest absolute Gasteiger partial charge is 0.339 e. The number of benzene rings is 1. The van der Waals surface area contributed by atoms with E-state index in [2.05, 4.69) is 4.98 Å². The summed E-state index contributed by atoms with van der Waals surface area (Å²) in [6.07, 6.45) is 1.87. The maximum absolute atomic E-state index is 12.8. The lowest BCUT2D eigenvalue weighted by atomic mass is 10.1. The minimum absolute atomic E-state index is 0.0396. The molecular formula is C17H21N3O2. The summed E-state index contributed by atoms with van der Waals surface area (Å²) in [4.78, 5) is 30.9. The molecule has 0 N–H and O–H groups in total. The molecule has 5 nitrogen and oxygen atoms in total. The van der Waals surface area contributed by atoms with Gasteiger partial charge in [-0.25, -0.2) is 4.98 Å². The molecule has 2 aromatic rings. The fraction of sp³-hybridized carbons (Fsp3) is 0.471. The van der Waals surface area contributed by atoms with Gasteiger partial charge in [0.1, 0.15) is 6.33 Å². The molecule has 0 radical (unpaired) electrons. The first-order valence-electron chi connectivity index (χ1n) is 7.66. The SMILES string of the molecule is Cc1cc2ncn(C(=O)[C@H]3CC(=O)N(C(C)C)C3)c2cc1C. The monoisotopic (exact) mass is 299 g/mol.